The lowest BCUT2D eigenvalue weighted by Gasteiger charge is -2.21. The summed E-state index contributed by atoms with van der Waals surface area (Å²) >= 11 is 0. The Balaban J connectivity index is 0.959. The highest BCUT2D eigenvalue weighted by molar-refractivity contribution is 6.11. The number of nitrogens with zero attached hydrogens (tertiary/aromatic N) is 3. The Hall–Kier alpha value is -7.75. The van der Waals surface area contributed by atoms with Crippen LogP contribution in [0.4, 0.5) is 0 Å². The molecule has 0 saturated heterocycles. The largest absolute Gasteiger partial charge is 0.212 e. The van der Waals surface area contributed by atoms with Crippen LogP contribution in [-0.2, 0) is 6.42 Å². The first-order valence-corrected chi connectivity index (χ1v) is 20.7. The minimum atomic E-state index is -0.0113. The average Bonchev–Trinajstić information content (AvgIpc) is 3.33. The first kappa shape index (κ1) is 34.3. The zero-order valence-corrected chi connectivity index (χ0v) is 32.8. The monoisotopic (exact) mass is 763 g/mol. The first-order valence-electron chi connectivity index (χ1n) is 20.7. The molecule has 12 rings (SSSR count). The predicted molar refractivity (Wildman–Crippen MR) is 251 cm³/mol. The molecule has 1 heterocycles. The van der Waals surface area contributed by atoms with E-state index in [2.05, 4.69) is 206 Å². The van der Waals surface area contributed by atoms with Gasteiger partial charge in [-0.3, -0.25) is 0 Å². The molecule has 0 bridgehead atoms. The molecule has 1 aromatic heterocycles. The van der Waals surface area contributed by atoms with Gasteiger partial charge in [0.05, 0.1) is 0 Å². The Bertz CT molecular complexity index is 3540. The molecule has 10 aromatic carbocycles. The molecule has 3 nitrogen and oxygen atoms in total. The highest BCUT2D eigenvalue weighted by Crippen LogP contribution is 2.38. The van der Waals surface area contributed by atoms with Crippen molar-refractivity contribution in [1.82, 2.24) is 15.0 Å². The predicted octanol–water partition coefficient (Wildman–Crippen LogP) is 14.7. The third kappa shape index (κ3) is 5.94. The molecule has 1 aliphatic rings. The smallest absolute Gasteiger partial charge is 0.164 e. The molecule has 0 amide bonds. The summed E-state index contributed by atoms with van der Waals surface area (Å²) in [6.45, 7) is 0. The summed E-state index contributed by atoms with van der Waals surface area (Å²) in [7, 11) is 0. The van der Waals surface area contributed by atoms with Gasteiger partial charge < -0.3 is 0 Å². The Kier molecular flexibility index (Phi) is 7.99. The van der Waals surface area contributed by atoms with Crippen LogP contribution in [0.15, 0.2) is 200 Å². The van der Waals surface area contributed by atoms with E-state index in [4.69, 9.17) is 15.0 Å². The fourth-order valence-electron chi connectivity index (χ4n) is 9.28. The van der Waals surface area contributed by atoms with Gasteiger partial charge in [0, 0.05) is 17.0 Å². The molecule has 0 spiro atoms. The standard InChI is InChI=1S/C57H37N3/c1-2-12-40-31-43(23-19-36(40)9-1)45-27-26-44-32-42(24-25-46(44)33-45)41-13-7-14-47(34-41)55-58-56(48-28-22-39-21-20-37-10-4-6-16-50(37)54(39)35-48)60-57(59-55)53-18-8-17-51-49-15-5-3-11-38(49)29-30-52(51)53/h1-34,48H,35H2. The molecule has 0 fully saturated rings. The summed E-state index contributed by atoms with van der Waals surface area (Å²) in [5.74, 6) is 2.13. The van der Waals surface area contributed by atoms with Crippen molar-refractivity contribution < 1.29 is 0 Å². The molecule has 0 aliphatic heterocycles. The highest BCUT2D eigenvalue weighted by Gasteiger charge is 2.23. The van der Waals surface area contributed by atoms with Crippen molar-refractivity contribution in [3.8, 4) is 45.0 Å². The van der Waals surface area contributed by atoms with Crippen LogP contribution in [0.1, 0.15) is 22.9 Å². The zero-order valence-electron chi connectivity index (χ0n) is 32.8. The molecule has 1 unspecified atom stereocenters. The van der Waals surface area contributed by atoms with Gasteiger partial charge in [0.2, 0.25) is 0 Å². The van der Waals surface area contributed by atoms with E-state index < -0.39 is 0 Å². The van der Waals surface area contributed by atoms with E-state index in [-0.39, 0.29) is 5.92 Å². The van der Waals surface area contributed by atoms with Crippen molar-refractivity contribution >= 4 is 59.9 Å². The molecular weight excluding hydrogens is 727 g/mol. The van der Waals surface area contributed by atoms with Gasteiger partial charge in [-0.25, -0.2) is 15.0 Å². The minimum absolute atomic E-state index is 0.0113. The maximum Gasteiger partial charge on any atom is 0.164 e. The van der Waals surface area contributed by atoms with Gasteiger partial charge in [-0.2, -0.15) is 0 Å². The van der Waals surface area contributed by atoms with Crippen LogP contribution in [0.25, 0.3) is 105 Å². The van der Waals surface area contributed by atoms with Gasteiger partial charge in [-0.1, -0.05) is 182 Å². The number of benzene rings is 10. The van der Waals surface area contributed by atoms with Gasteiger partial charge >= 0.3 is 0 Å². The number of allylic oxidation sites excluding steroid dienone is 1. The van der Waals surface area contributed by atoms with Crippen LogP contribution in [0.5, 0.6) is 0 Å². The molecule has 11 aromatic rings. The number of rotatable bonds is 5. The molecule has 1 atom stereocenters. The molecule has 280 valence electrons. The van der Waals surface area contributed by atoms with Gasteiger partial charge in [0.25, 0.3) is 0 Å². The fraction of sp³-hybridized carbons (Fsp3) is 0.0351. The minimum Gasteiger partial charge on any atom is -0.212 e. The Labute approximate surface area is 348 Å². The summed E-state index contributed by atoms with van der Waals surface area (Å²) in [6.07, 6.45) is 5.33. The second kappa shape index (κ2) is 14.0. The van der Waals surface area contributed by atoms with Crippen molar-refractivity contribution in [2.24, 2.45) is 0 Å². The summed E-state index contributed by atoms with van der Waals surface area (Å²) in [6, 6.07) is 70.0. The number of hydrogen-bond donors (Lipinski definition) is 0. The maximum absolute atomic E-state index is 5.32. The molecule has 1 aliphatic carbocycles. The molecule has 3 heteroatoms. The highest BCUT2D eigenvalue weighted by atomic mass is 15.0. The second-order valence-electron chi connectivity index (χ2n) is 16.0. The lowest BCUT2D eigenvalue weighted by Crippen LogP contribution is -2.12. The van der Waals surface area contributed by atoms with Crippen molar-refractivity contribution in [2.45, 2.75) is 12.3 Å². The molecular formula is C57H37N3. The summed E-state index contributed by atoms with van der Waals surface area (Å²) in [5.41, 5.74) is 9.26. The van der Waals surface area contributed by atoms with Gasteiger partial charge in [-0.05, 0) is 118 Å². The van der Waals surface area contributed by atoms with E-state index in [0.717, 1.165) is 39.9 Å². The van der Waals surface area contributed by atoms with Crippen molar-refractivity contribution in [2.75, 3.05) is 0 Å². The van der Waals surface area contributed by atoms with Gasteiger partial charge in [0.15, 0.2) is 11.6 Å². The molecule has 0 saturated carbocycles. The molecule has 0 N–H and O–H groups in total. The zero-order chi connectivity index (χ0) is 39.6. The van der Waals surface area contributed by atoms with Crippen LogP contribution in [0.3, 0.4) is 0 Å². The van der Waals surface area contributed by atoms with Crippen LogP contribution >= 0.6 is 0 Å². The third-order valence-corrected chi connectivity index (χ3v) is 12.4. The van der Waals surface area contributed by atoms with E-state index in [9.17, 15) is 0 Å². The number of hydrogen-bond acceptors (Lipinski definition) is 3. The Morgan fingerprint density at radius 2 is 0.900 bits per heavy atom. The second-order valence-corrected chi connectivity index (χ2v) is 16.0. The normalized spacial score (nSPS) is 13.7. The van der Waals surface area contributed by atoms with Gasteiger partial charge in [-0.15, -0.1) is 0 Å². The van der Waals surface area contributed by atoms with E-state index in [1.165, 1.54) is 70.7 Å². The number of aromatic nitrogens is 3. The third-order valence-electron chi connectivity index (χ3n) is 12.4. The van der Waals surface area contributed by atoms with E-state index in [0.29, 0.717) is 11.6 Å². The maximum atomic E-state index is 5.32. The van der Waals surface area contributed by atoms with E-state index in [1.807, 2.05) is 0 Å². The summed E-state index contributed by atoms with van der Waals surface area (Å²) < 4.78 is 0. The van der Waals surface area contributed by atoms with Crippen LogP contribution in [0.2, 0.25) is 0 Å². The topological polar surface area (TPSA) is 38.7 Å². The van der Waals surface area contributed by atoms with Crippen LogP contribution in [0, 0.1) is 0 Å². The Morgan fingerprint density at radius 1 is 0.350 bits per heavy atom. The van der Waals surface area contributed by atoms with Crippen LogP contribution < -0.4 is 0 Å². The summed E-state index contributed by atoms with van der Waals surface area (Å²) in [4.78, 5) is 15.9. The lowest BCUT2D eigenvalue weighted by molar-refractivity contribution is 0.752. The summed E-state index contributed by atoms with van der Waals surface area (Å²) in [5, 5.41) is 12.2. The molecule has 0 radical (unpaired) electrons. The van der Waals surface area contributed by atoms with Crippen molar-refractivity contribution in [1.29, 1.82) is 0 Å². The lowest BCUT2D eigenvalue weighted by atomic mass is 9.86. The number of fused-ring (bicyclic) bond motifs is 8. The first-order chi connectivity index (χ1) is 29.7. The SMILES string of the molecule is C1=CC(c2nc(-c3cccc(-c4ccc5cc(-c6ccc7ccccc7c6)ccc5c4)c3)nc(-c3cccc4c3ccc3ccccc34)n2)Cc2c1ccc1ccccc21. The van der Waals surface area contributed by atoms with Crippen LogP contribution in [-0.4, -0.2) is 15.0 Å². The molecule has 60 heavy (non-hydrogen) atoms. The average molecular weight is 764 g/mol. The van der Waals surface area contributed by atoms with Crippen molar-refractivity contribution in [3.05, 3.63) is 217 Å². The van der Waals surface area contributed by atoms with Gasteiger partial charge in [0.1, 0.15) is 5.82 Å². The quantitative estimate of drug-likeness (QED) is 0.164. The van der Waals surface area contributed by atoms with E-state index in [1.54, 1.807) is 0 Å². The fourth-order valence-corrected chi connectivity index (χ4v) is 9.28. The van der Waals surface area contributed by atoms with E-state index >= 15 is 0 Å². The van der Waals surface area contributed by atoms with Crippen molar-refractivity contribution in [3.63, 3.8) is 0 Å². The Morgan fingerprint density at radius 3 is 1.68 bits per heavy atom.